The minimum atomic E-state index is -0.442. The van der Waals surface area contributed by atoms with E-state index in [0.717, 1.165) is 5.69 Å². The fraction of sp³-hybridized carbons (Fsp3) is 0.250. The summed E-state index contributed by atoms with van der Waals surface area (Å²) in [5.74, 6) is -0.183. The first-order valence-electron chi connectivity index (χ1n) is 6.43. The van der Waals surface area contributed by atoms with Gasteiger partial charge in [-0.2, -0.15) is 0 Å². The van der Waals surface area contributed by atoms with E-state index in [4.69, 9.17) is 4.74 Å². The first kappa shape index (κ1) is 14.2. The van der Waals surface area contributed by atoms with E-state index in [2.05, 4.69) is 4.98 Å². The number of hydrogen-bond donors (Lipinski definition) is 0. The third kappa shape index (κ3) is 3.88. The van der Waals surface area contributed by atoms with Crippen LogP contribution in [-0.2, 0) is 17.6 Å². The van der Waals surface area contributed by atoms with Gasteiger partial charge in [0.1, 0.15) is 5.78 Å². The van der Waals surface area contributed by atoms with E-state index >= 15 is 0 Å². The summed E-state index contributed by atoms with van der Waals surface area (Å²) < 4.78 is 18.3. The molecule has 104 valence electrons. The van der Waals surface area contributed by atoms with E-state index in [0.29, 0.717) is 18.4 Å². The van der Waals surface area contributed by atoms with Gasteiger partial charge in [-0.15, -0.1) is 0 Å². The molecule has 0 N–H and O–H groups in total. The smallest absolute Gasteiger partial charge is 0.165 e. The summed E-state index contributed by atoms with van der Waals surface area (Å²) in [4.78, 5) is 16.0. The van der Waals surface area contributed by atoms with Gasteiger partial charge in [0.05, 0.1) is 7.11 Å². The van der Waals surface area contributed by atoms with Crippen LogP contribution in [0.4, 0.5) is 4.39 Å². The summed E-state index contributed by atoms with van der Waals surface area (Å²) in [6, 6.07) is 10.2. The topological polar surface area (TPSA) is 39.2 Å². The Kier molecular flexibility index (Phi) is 4.82. The van der Waals surface area contributed by atoms with Gasteiger partial charge >= 0.3 is 0 Å². The summed E-state index contributed by atoms with van der Waals surface area (Å²) in [5, 5.41) is 0. The molecule has 0 radical (unpaired) electrons. The lowest BCUT2D eigenvalue weighted by atomic mass is 10.0. The van der Waals surface area contributed by atoms with Crippen molar-refractivity contribution < 1.29 is 13.9 Å². The number of aromatic nitrogens is 1. The van der Waals surface area contributed by atoms with Crippen LogP contribution in [-0.4, -0.2) is 17.9 Å². The number of hydrogen-bond acceptors (Lipinski definition) is 3. The SMILES string of the molecule is COc1ccc(CC(=O)CCc2ccccn2)cc1F. The Hall–Kier alpha value is -2.23. The minimum Gasteiger partial charge on any atom is -0.494 e. The van der Waals surface area contributed by atoms with Crippen LogP contribution in [0.2, 0.25) is 0 Å². The summed E-state index contributed by atoms with van der Waals surface area (Å²) in [5.41, 5.74) is 1.55. The molecule has 2 aromatic rings. The number of ether oxygens (including phenoxy) is 1. The van der Waals surface area contributed by atoms with Crippen LogP contribution in [0.15, 0.2) is 42.6 Å². The van der Waals surface area contributed by atoms with Gasteiger partial charge < -0.3 is 4.74 Å². The third-order valence-electron chi connectivity index (χ3n) is 3.00. The van der Waals surface area contributed by atoms with Gasteiger partial charge in [0.15, 0.2) is 11.6 Å². The Labute approximate surface area is 117 Å². The van der Waals surface area contributed by atoms with Gasteiger partial charge in [0.2, 0.25) is 0 Å². The van der Waals surface area contributed by atoms with E-state index in [1.54, 1.807) is 12.3 Å². The highest BCUT2D eigenvalue weighted by molar-refractivity contribution is 5.81. The maximum Gasteiger partial charge on any atom is 0.165 e. The van der Waals surface area contributed by atoms with Crippen molar-refractivity contribution in [3.63, 3.8) is 0 Å². The number of carbonyl (C=O) groups is 1. The van der Waals surface area contributed by atoms with Gasteiger partial charge in [0.25, 0.3) is 0 Å². The minimum absolute atomic E-state index is 0.0696. The van der Waals surface area contributed by atoms with E-state index < -0.39 is 5.82 Å². The van der Waals surface area contributed by atoms with Crippen molar-refractivity contribution in [1.82, 2.24) is 4.98 Å². The van der Waals surface area contributed by atoms with Crippen molar-refractivity contribution in [2.45, 2.75) is 19.3 Å². The number of Topliss-reactive ketones (excluding diaryl/α,β-unsaturated/α-hetero) is 1. The number of pyridine rings is 1. The molecule has 0 amide bonds. The van der Waals surface area contributed by atoms with E-state index in [9.17, 15) is 9.18 Å². The summed E-state index contributed by atoms with van der Waals surface area (Å²) in [6.07, 6.45) is 2.95. The Morgan fingerprint density at radius 1 is 1.30 bits per heavy atom. The molecule has 0 spiro atoms. The van der Waals surface area contributed by atoms with E-state index in [1.165, 1.54) is 19.2 Å². The predicted molar refractivity (Wildman–Crippen MR) is 74.2 cm³/mol. The van der Waals surface area contributed by atoms with Gasteiger partial charge in [0, 0.05) is 24.7 Å². The highest BCUT2D eigenvalue weighted by Crippen LogP contribution is 2.18. The molecule has 1 aromatic heterocycles. The first-order chi connectivity index (χ1) is 9.69. The molecule has 0 aliphatic heterocycles. The molecular weight excluding hydrogens is 257 g/mol. The Morgan fingerprint density at radius 2 is 2.15 bits per heavy atom. The van der Waals surface area contributed by atoms with Crippen molar-refractivity contribution in [3.8, 4) is 5.75 Å². The maximum absolute atomic E-state index is 13.5. The molecule has 0 bridgehead atoms. The van der Waals surface area contributed by atoms with Crippen molar-refractivity contribution >= 4 is 5.78 Å². The first-order valence-corrected chi connectivity index (χ1v) is 6.43. The maximum atomic E-state index is 13.5. The highest BCUT2D eigenvalue weighted by Gasteiger charge is 2.08. The van der Waals surface area contributed by atoms with Gasteiger partial charge in [-0.25, -0.2) is 4.39 Å². The lowest BCUT2D eigenvalue weighted by Crippen LogP contribution is -2.05. The summed E-state index contributed by atoms with van der Waals surface area (Å²) in [7, 11) is 1.41. The number of halogens is 1. The molecule has 4 heteroatoms. The largest absolute Gasteiger partial charge is 0.494 e. The second-order valence-electron chi connectivity index (χ2n) is 4.51. The number of carbonyl (C=O) groups excluding carboxylic acids is 1. The van der Waals surface area contributed by atoms with Crippen LogP contribution < -0.4 is 4.74 Å². The van der Waals surface area contributed by atoms with Crippen LogP contribution in [0.25, 0.3) is 0 Å². The van der Waals surface area contributed by atoms with Crippen LogP contribution in [0, 0.1) is 5.82 Å². The molecule has 0 unspecified atom stereocenters. The second kappa shape index (κ2) is 6.80. The zero-order valence-electron chi connectivity index (χ0n) is 11.3. The van der Waals surface area contributed by atoms with Crippen molar-refractivity contribution in [3.05, 3.63) is 59.7 Å². The number of rotatable bonds is 6. The quantitative estimate of drug-likeness (QED) is 0.812. The summed E-state index contributed by atoms with van der Waals surface area (Å²) in [6.45, 7) is 0. The Balaban J connectivity index is 1.90. The standard InChI is InChI=1S/C16H16FNO2/c1-20-16-8-5-12(11-15(16)17)10-14(19)7-6-13-4-2-3-9-18-13/h2-5,8-9,11H,6-7,10H2,1H3. The van der Waals surface area contributed by atoms with E-state index in [1.807, 2.05) is 18.2 Å². The molecule has 0 atom stereocenters. The van der Waals surface area contributed by atoms with Gasteiger partial charge in [-0.1, -0.05) is 12.1 Å². The summed E-state index contributed by atoms with van der Waals surface area (Å²) >= 11 is 0. The van der Waals surface area contributed by atoms with Crippen molar-refractivity contribution in [1.29, 1.82) is 0 Å². The fourth-order valence-corrected chi connectivity index (χ4v) is 1.95. The van der Waals surface area contributed by atoms with Crippen LogP contribution in [0.3, 0.4) is 0 Å². The molecule has 0 fully saturated rings. The molecule has 3 nitrogen and oxygen atoms in total. The van der Waals surface area contributed by atoms with Crippen molar-refractivity contribution in [2.75, 3.05) is 7.11 Å². The number of aryl methyl sites for hydroxylation is 1. The fourth-order valence-electron chi connectivity index (χ4n) is 1.95. The number of methoxy groups -OCH3 is 1. The lowest BCUT2D eigenvalue weighted by molar-refractivity contribution is -0.118. The second-order valence-corrected chi connectivity index (χ2v) is 4.51. The van der Waals surface area contributed by atoms with Crippen LogP contribution in [0.1, 0.15) is 17.7 Å². The molecule has 2 rings (SSSR count). The zero-order valence-corrected chi connectivity index (χ0v) is 11.3. The molecule has 0 saturated heterocycles. The molecule has 0 aliphatic rings. The van der Waals surface area contributed by atoms with Crippen LogP contribution >= 0.6 is 0 Å². The Morgan fingerprint density at radius 3 is 2.80 bits per heavy atom. The average molecular weight is 273 g/mol. The zero-order chi connectivity index (χ0) is 14.4. The molecule has 1 heterocycles. The van der Waals surface area contributed by atoms with Gasteiger partial charge in [-0.3, -0.25) is 9.78 Å². The predicted octanol–water partition coefficient (Wildman–Crippen LogP) is 2.97. The van der Waals surface area contributed by atoms with Crippen molar-refractivity contribution in [2.24, 2.45) is 0 Å². The normalized spacial score (nSPS) is 10.3. The molecule has 0 aliphatic carbocycles. The third-order valence-corrected chi connectivity index (χ3v) is 3.00. The van der Waals surface area contributed by atoms with Gasteiger partial charge in [-0.05, 0) is 36.2 Å². The Bertz CT molecular complexity index is 584. The molecular formula is C16H16FNO2. The lowest BCUT2D eigenvalue weighted by Gasteiger charge is -2.05. The monoisotopic (exact) mass is 273 g/mol. The number of ketones is 1. The average Bonchev–Trinajstić information content (AvgIpc) is 2.46. The number of benzene rings is 1. The van der Waals surface area contributed by atoms with E-state index in [-0.39, 0.29) is 18.0 Å². The molecule has 0 saturated carbocycles. The molecule has 20 heavy (non-hydrogen) atoms. The van der Waals surface area contributed by atoms with Crippen LogP contribution in [0.5, 0.6) is 5.75 Å². The number of nitrogens with zero attached hydrogens (tertiary/aromatic N) is 1. The molecule has 1 aromatic carbocycles. The highest BCUT2D eigenvalue weighted by atomic mass is 19.1.